The smallest absolute Gasteiger partial charge is 0.320 e. The van der Waals surface area contributed by atoms with Crippen LogP contribution < -0.4 is 0 Å². The molecule has 12 heavy (non-hydrogen) atoms. The summed E-state index contributed by atoms with van der Waals surface area (Å²) in [5.41, 5.74) is 2.55. The molecule has 0 saturated carbocycles. The summed E-state index contributed by atoms with van der Waals surface area (Å²) in [5, 5.41) is 8.93. The minimum absolute atomic E-state index is 0.633. The Morgan fingerprint density at radius 2 is 2.08 bits per heavy atom. The zero-order chi connectivity index (χ0) is 9.35. The van der Waals surface area contributed by atoms with Crippen molar-refractivity contribution < 1.29 is 9.90 Å². The second kappa shape index (κ2) is 3.21. The van der Waals surface area contributed by atoms with Crippen molar-refractivity contribution >= 4 is 21.9 Å². The van der Waals surface area contributed by atoms with Crippen molar-refractivity contribution in [2.24, 2.45) is 0 Å². The second-order valence-corrected chi connectivity index (χ2v) is 5.03. The lowest BCUT2D eigenvalue weighted by Crippen LogP contribution is -2.34. The molecule has 1 rings (SSSR count). The van der Waals surface area contributed by atoms with Gasteiger partial charge in [-0.3, -0.25) is 4.79 Å². The number of aliphatic carboxylic acids is 1. The highest BCUT2D eigenvalue weighted by atomic mass is 79.9. The maximum Gasteiger partial charge on any atom is 0.320 e. The lowest BCUT2D eigenvalue weighted by atomic mass is 9.85. The summed E-state index contributed by atoms with van der Waals surface area (Å²) < 4.78 is -0.698. The minimum Gasteiger partial charge on any atom is -0.480 e. The molecule has 0 heterocycles. The van der Waals surface area contributed by atoms with Crippen molar-refractivity contribution in [2.75, 3.05) is 0 Å². The highest BCUT2D eigenvalue weighted by Crippen LogP contribution is 2.38. The summed E-state index contributed by atoms with van der Waals surface area (Å²) in [4.78, 5) is 10.9. The first kappa shape index (κ1) is 9.78. The van der Waals surface area contributed by atoms with Crippen molar-refractivity contribution in [3.8, 4) is 0 Å². The Balaban J connectivity index is 2.84. The van der Waals surface area contributed by atoms with E-state index in [1.165, 1.54) is 11.1 Å². The molecule has 1 unspecified atom stereocenters. The molecule has 0 spiro atoms. The molecular weight excluding hydrogens is 220 g/mol. The van der Waals surface area contributed by atoms with Crippen LogP contribution in [0.5, 0.6) is 0 Å². The van der Waals surface area contributed by atoms with Gasteiger partial charge >= 0.3 is 5.97 Å². The number of carboxylic acid groups (broad SMARTS) is 1. The van der Waals surface area contributed by atoms with Crippen molar-refractivity contribution in [3.63, 3.8) is 0 Å². The Morgan fingerprint density at radius 1 is 1.50 bits per heavy atom. The predicted molar refractivity (Wildman–Crippen MR) is 51.5 cm³/mol. The summed E-state index contributed by atoms with van der Waals surface area (Å²) in [6.45, 7) is 4.08. The zero-order valence-corrected chi connectivity index (χ0v) is 8.94. The number of alkyl halides is 1. The fourth-order valence-corrected chi connectivity index (χ4v) is 2.06. The highest BCUT2D eigenvalue weighted by Gasteiger charge is 2.37. The van der Waals surface area contributed by atoms with Crippen LogP contribution in [0.4, 0.5) is 0 Å². The molecular formula is C9H13BrO2. The van der Waals surface area contributed by atoms with E-state index in [0.29, 0.717) is 12.8 Å². The van der Waals surface area contributed by atoms with Crippen LogP contribution in [0.2, 0.25) is 0 Å². The molecule has 1 atom stereocenters. The number of rotatable bonds is 1. The third-order valence-corrected chi connectivity index (χ3v) is 3.57. The molecule has 3 heteroatoms. The average molecular weight is 233 g/mol. The highest BCUT2D eigenvalue weighted by molar-refractivity contribution is 9.10. The first-order valence-electron chi connectivity index (χ1n) is 4.03. The Labute approximate surface area is 80.8 Å². The quantitative estimate of drug-likeness (QED) is 0.558. The Bertz CT molecular complexity index is 245. The average Bonchev–Trinajstić information content (AvgIpc) is 1.97. The van der Waals surface area contributed by atoms with Crippen LogP contribution in [0.25, 0.3) is 0 Å². The number of hydrogen-bond donors (Lipinski definition) is 1. The van der Waals surface area contributed by atoms with Crippen LogP contribution in [0.15, 0.2) is 11.1 Å². The van der Waals surface area contributed by atoms with Gasteiger partial charge in [0.2, 0.25) is 0 Å². The van der Waals surface area contributed by atoms with Crippen LogP contribution in [0.1, 0.15) is 33.1 Å². The normalized spacial score (nSPS) is 30.6. The van der Waals surface area contributed by atoms with E-state index in [9.17, 15) is 4.79 Å². The van der Waals surface area contributed by atoms with Gasteiger partial charge in [0.05, 0.1) is 0 Å². The molecule has 0 aromatic heterocycles. The van der Waals surface area contributed by atoms with Gasteiger partial charge in [0.1, 0.15) is 4.32 Å². The van der Waals surface area contributed by atoms with Gasteiger partial charge < -0.3 is 5.11 Å². The topological polar surface area (TPSA) is 37.3 Å². The van der Waals surface area contributed by atoms with Gasteiger partial charge in [-0.15, -0.1) is 0 Å². The Hall–Kier alpha value is -0.310. The first-order valence-corrected chi connectivity index (χ1v) is 4.82. The molecule has 0 amide bonds. The molecule has 0 bridgehead atoms. The van der Waals surface area contributed by atoms with E-state index in [0.717, 1.165) is 6.42 Å². The van der Waals surface area contributed by atoms with Crippen LogP contribution in [-0.4, -0.2) is 15.4 Å². The summed E-state index contributed by atoms with van der Waals surface area (Å²) in [6.07, 6.45) is 2.23. The summed E-state index contributed by atoms with van der Waals surface area (Å²) in [7, 11) is 0. The molecule has 0 fully saturated rings. The summed E-state index contributed by atoms with van der Waals surface area (Å²) >= 11 is 3.29. The molecule has 0 aromatic carbocycles. The fraction of sp³-hybridized carbons (Fsp3) is 0.667. The number of carbonyl (C=O) groups is 1. The minimum atomic E-state index is -0.741. The van der Waals surface area contributed by atoms with Gasteiger partial charge in [-0.05, 0) is 33.1 Å². The maximum absolute atomic E-state index is 10.9. The number of halogens is 1. The zero-order valence-electron chi connectivity index (χ0n) is 7.35. The summed E-state index contributed by atoms with van der Waals surface area (Å²) in [5.74, 6) is -0.741. The molecule has 1 N–H and O–H groups in total. The second-order valence-electron chi connectivity index (χ2n) is 3.51. The Morgan fingerprint density at radius 3 is 2.50 bits per heavy atom. The Kier molecular flexibility index (Phi) is 2.61. The number of hydrogen-bond acceptors (Lipinski definition) is 1. The summed E-state index contributed by atoms with van der Waals surface area (Å²) in [6, 6.07) is 0. The number of carboxylic acids is 1. The van der Waals surface area contributed by atoms with Crippen LogP contribution in [0, 0.1) is 0 Å². The van der Waals surface area contributed by atoms with E-state index in [1.54, 1.807) is 0 Å². The van der Waals surface area contributed by atoms with Gasteiger partial charge in [0, 0.05) is 0 Å². The van der Waals surface area contributed by atoms with Gasteiger partial charge in [-0.2, -0.15) is 0 Å². The monoisotopic (exact) mass is 232 g/mol. The molecule has 68 valence electrons. The van der Waals surface area contributed by atoms with Gasteiger partial charge in [0.25, 0.3) is 0 Å². The first-order chi connectivity index (χ1) is 5.46. The van der Waals surface area contributed by atoms with Crippen LogP contribution >= 0.6 is 15.9 Å². The van der Waals surface area contributed by atoms with Crippen molar-refractivity contribution in [2.45, 2.75) is 37.4 Å². The fourth-order valence-electron chi connectivity index (χ4n) is 1.44. The third kappa shape index (κ3) is 1.71. The predicted octanol–water partition coefficient (Wildman–Crippen LogP) is 2.73. The SMILES string of the molecule is CC1=C(C)CC(Br)(C(=O)O)CC1. The van der Waals surface area contributed by atoms with Crippen LogP contribution in [0.3, 0.4) is 0 Å². The third-order valence-electron chi connectivity index (χ3n) is 2.55. The van der Waals surface area contributed by atoms with Crippen LogP contribution in [-0.2, 0) is 4.79 Å². The molecule has 1 aliphatic carbocycles. The maximum atomic E-state index is 10.9. The van der Waals surface area contributed by atoms with Gasteiger partial charge in [0.15, 0.2) is 0 Å². The lowest BCUT2D eigenvalue weighted by molar-refractivity contribution is -0.139. The van der Waals surface area contributed by atoms with Gasteiger partial charge in [-0.25, -0.2) is 0 Å². The van der Waals surface area contributed by atoms with E-state index in [4.69, 9.17) is 5.11 Å². The molecule has 0 radical (unpaired) electrons. The van der Waals surface area contributed by atoms with E-state index in [1.807, 2.05) is 6.92 Å². The molecule has 0 aromatic rings. The number of allylic oxidation sites excluding steroid dienone is 2. The van der Waals surface area contributed by atoms with Crippen molar-refractivity contribution in [3.05, 3.63) is 11.1 Å². The molecule has 2 nitrogen and oxygen atoms in total. The van der Waals surface area contributed by atoms with E-state index < -0.39 is 10.3 Å². The van der Waals surface area contributed by atoms with Crippen molar-refractivity contribution in [1.82, 2.24) is 0 Å². The molecule has 0 aliphatic heterocycles. The largest absolute Gasteiger partial charge is 0.480 e. The van der Waals surface area contributed by atoms with Gasteiger partial charge in [-0.1, -0.05) is 27.1 Å². The molecule has 1 aliphatic rings. The van der Waals surface area contributed by atoms with E-state index in [-0.39, 0.29) is 0 Å². The lowest BCUT2D eigenvalue weighted by Gasteiger charge is -2.28. The van der Waals surface area contributed by atoms with Crippen molar-refractivity contribution in [1.29, 1.82) is 0 Å². The van der Waals surface area contributed by atoms with E-state index >= 15 is 0 Å². The standard InChI is InChI=1S/C9H13BrO2/c1-6-3-4-9(10,8(11)12)5-7(6)2/h3-5H2,1-2H3,(H,11,12). The van der Waals surface area contributed by atoms with E-state index in [2.05, 4.69) is 22.9 Å². The molecule has 0 saturated heterocycles.